The molecule has 2 rings (SSSR count). The minimum absolute atomic E-state index is 0.0320. The summed E-state index contributed by atoms with van der Waals surface area (Å²) in [5, 5.41) is 9.08. The standard InChI is InChI=1S/C8H11NO3S/c1-8(2)6(7(11)12)9-4(10)3-5(9)13-8/h5-6H,3H2,1-2H3,(H,11,12)/t5-,6-/m0/s1. The van der Waals surface area contributed by atoms with Crippen LogP contribution in [0.3, 0.4) is 0 Å². The lowest BCUT2D eigenvalue weighted by Gasteiger charge is -2.36. The Morgan fingerprint density at radius 3 is 2.69 bits per heavy atom. The molecule has 5 heteroatoms. The second kappa shape index (κ2) is 2.41. The number of hydrogen-bond donors (Lipinski definition) is 1. The van der Waals surface area contributed by atoms with Crippen LogP contribution in [-0.4, -0.2) is 38.0 Å². The van der Waals surface area contributed by atoms with Crippen molar-refractivity contribution in [2.45, 2.75) is 36.4 Å². The first kappa shape index (κ1) is 8.87. The van der Waals surface area contributed by atoms with Gasteiger partial charge in [0.1, 0.15) is 6.04 Å². The van der Waals surface area contributed by atoms with Crippen LogP contribution in [0, 0.1) is 0 Å². The number of nitrogens with zero attached hydrogens (tertiary/aromatic N) is 1. The summed E-state index contributed by atoms with van der Waals surface area (Å²) in [4.78, 5) is 23.6. The van der Waals surface area contributed by atoms with Gasteiger partial charge in [-0.25, -0.2) is 4.79 Å². The molecule has 2 aliphatic heterocycles. The molecule has 2 heterocycles. The first-order valence-corrected chi connectivity index (χ1v) is 5.03. The zero-order valence-corrected chi connectivity index (χ0v) is 8.30. The number of β-lactam (4-membered cyclic amide) rings is 1. The molecule has 13 heavy (non-hydrogen) atoms. The molecule has 2 atom stereocenters. The number of amides is 1. The molecule has 0 aromatic rings. The topological polar surface area (TPSA) is 57.6 Å². The highest BCUT2D eigenvalue weighted by atomic mass is 32.2. The van der Waals surface area contributed by atoms with Crippen molar-refractivity contribution in [1.29, 1.82) is 0 Å². The lowest BCUT2D eigenvalue weighted by Crippen LogP contribution is -2.56. The van der Waals surface area contributed by atoms with Crippen LogP contribution in [0.1, 0.15) is 20.3 Å². The number of carbonyl (C=O) groups is 2. The number of carboxylic acid groups (broad SMARTS) is 1. The number of rotatable bonds is 1. The van der Waals surface area contributed by atoms with Gasteiger partial charge in [-0.2, -0.15) is 0 Å². The highest BCUT2D eigenvalue weighted by Gasteiger charge is 2.58. The van der Waals surface area contributed by atoms with Gasteiger partial charge in [0, 0.05) is 4.75 Å². The summed E-state index contributed by atoms with van der Waals surface area (Å²) in [5.74, 6) is -0.927. The predicted octanol–water partition coefficient (Wildman–Crippen LogP) is 0.523. The van der Waals surface area contributed by atoms with Gasteiger partial charge >= 0.3 is 5.97 Å². The largest absolute Gasteiger partial charge is 0.480 e. The second-order valence-electron chi connectivity index (χ2n) is 3.92. The fourth-order valence-corrected chi connectivity index (χ4v) is 3.60. The Labute approximate surface area is 80.3 Å². The van der Waals surface area contributed by atoms with E-state index >= 15 is 0 Å². The number of carboxylic acids is 1. The Morgan fingerprint density at radius 1 is 1.69 bits per heavy atom. The summed E-state index contributed by atoms with van der Waals surface area (Å²) < 4.78 is -0.358. The van der Waals surface area contributed by atoms with E-state index in [0.29, 0.717) is 6.42 Å². The SMILES string of the molecule is CC1(C)S[C@H]2CC(=O)N2[C@H]1C(=O)O. The maximum absolute atomic E-state index is 11.2. The summed E-state index contributed by atoms with van der Waals surface area (Å²) in [6.07, 6.45) is 0.498. The fourth-order valence-electron chi connectivity index (χ4n) is 1.98. The van der Waals surface area contributed by atoms with Gasteiger partial charge in [-0.3, -0.25) is 4.79 Å². The molecule has 0 spiro atoms. The third-order valence-electron chi connectivity index (χ3n) is 2.56. The van der Waals surface area contributed by atoms with Gasteiger partial charge in [-0.1, -0.05) is 0 Å². The van der Waals surface area contributed by atoms with E-state index in [1.165, 1.54) is 4.90 Å². The second-order valence-corrected chi connectivity index (χ2v) is 5.75. The Balaban J connectivity index is 2.30. The smallest absolute Gasteiger partial charge is 0.327 e. The van der Waals surface area contributed by atoms with Gasteiger partial charge in [0.25, 0.3) is 0 Å². The molecule has 0 aromatic heterocycles. The number of hydrogen-bond acceptors (Lipinski definition) is 3. The van der Waals surface area contributed by atoms with E-state index in [4.69, 9.17) is 5.11 Å². The first-order chi connectivity index (χ1) is 5.93. The molecule has 2 saturated heterocycles. The molecule has 0 bridgehead atoms. The van der Waals surface area contributed by atoms with Crippen molar-refractivity contribution in [3.8, 4) is 0 Å². The summed E-state index contributed by atoms with van der Waals surface area (Å²) in [5.41, 5.74) is 0. The van der Waals surface area contributed by atoms with Crippen LogP contribution in [0.25, 0.3) is 0 Å². The average molecular weight is 201 g/mol. The molecule has 1 amide bonds. The Hall–Kier alpha value is -0.710. The van der Waals surface area contributed by atoms with Crippen molar-refractivity contribution in [1.82, 2.24) is 4.90 Å². The third kappa shape index (κ3) is 1.06. The number of fused-ring (bicyclic) bond motifs is 1. The molecule has 2 aliphatic rings. The Morgan fingerprint density at radius 2 is 2.31 bits per heavy atom. The number of thioether (sulfide) groups is 1. The van der Waals surface area contributed by atoms with E-state index in [0.717, 1.165) is 0 Å². The molecule has 0 aliphatic carbocycles. The van der Waals surface area contributed by atoms with Crippen LogP contribution in [0.4, 0.5) is 0 Å². The molecular weight excluding hydrogens is 190 g/mol. The molecule has 4 nitrogen and oxygen atoms in total. The van der Waals surface area contributed by atoms with Gasteiger partial charge < -0.3 is 10.0 Å². The quantitative estimate of drug-likeness (QED) is 0.628. The predicted molar refractivity (Wildman–Crippen MR) is 48.3 cm³/mol. The van der Waals surface area contributed by atoms with Crippen LogP contribution < -0.4 is 0 Å². The molecule has 0 unspecified atom stereocenters. The monoisotopic (exact) mass is 201 g/mol. The van der Waals surface area contributed by atoms with Gasteiger partial charge in [-0.05, 0) is 13.8 Å². The van der Waals surface area contributed by atoms with Crippen LogP contribution in [-0.2, 0) is 9.59 Å². The van der Waals surface area contributed by atoms with E-state index < -0.39 is 12.0 Å². The van der Waals surface area contributed by atoms with Crippen molar-refractivity contribution in [3.63, 3.8) is 0 Å². The van der Waals surface area contributed by atoms with E-state index in [1.54, 1.807) is 11.8 Å². The third-order valence-corrected chi connectivity index (χ3v) is 4.05. The van der Waals surface area contributed by atoms with Crippen LogP contribution in [0.2, 0.25) is 0 Å². The maximum atomic E-state index is 11.2. The Bertz CT molecular complexity index is 289. The zero-order chi connectivity index (χ0) is 9.80. The van der Waals surface area contributed by atoms with Crippen molar-refractivity contribution < 1.29 is 14.7 Å². The lowest BCUT2D eigenvalue weighted by atomic mass is 9.98. The van der Waals surface area contributed by atoms with E-state index in [9.17, 15) is 9.59 Å². The lowest BCUT2D eigenvalue weighted by molar-refractivity contribution is -0.157. The van der Waals surface area contributed by atoms with Gasteiger partial charge in [0.05, 0.1) is 11.8 Å². The van der Waals surface area contributed by atoms with E-state index in [1.807, 2.05) is 13.8 Å². The molecule has 72 valence electrons. The highest BCUT2D eigenvalue weighted by molar-refractivity contribution is 8.01. The van der Waals surface area contributed by atoms with Gasteiger partial charge in [-0.15, -0.1) is 11.8 Å². The zero-order valence-electron chi connectivity index (χ0n) is 7.48. The molecule has 0 aromatic carbocycles. The number of aliphatic carboxylic acids is 1. The summed E-state index contributed by atoms with van der Waals surface area (Å²) in [7, 11) is 0. The average Bonchev–Trinajstić information content (AvgIpc) is 2.18. The minimum Gasteiger partial charge on any atom is -0.480 e. The molecule has 0 radical (unpaired) electrons. The summed E-state index contributed by atoms with van der Waals surface area (Å²) in [6, 6.07) is -0.649. The first-order valence-electron chi connectivity index (χ1n) is 4.15. The summed E-state index contributed by atoms with van der Waals surface area (Å²) >= 11 is 1.58. The molecular formula is C8H11NO3S. The van der Waals surface area contributed by atoms with Crippen LogP contribution in [0.15, 0.2) is 0 Å². The van der Waals surface area contributed by atoms with E-state index in [2.05, 4.69) is 0 Å². The maximum Gasteiger partial charge on any atom is 0.327 e. The van der Waals surface area contributed by atoms with Gasteiger partial charge in [0.15, 0.2) is 0 Å². The van der Waals surface area contributed by atoms with Gasteiger partial charge in [0.2, 0.25) is 5.91 Å². The minimum atomic E-state index is -0.895. The van der Waals surface area contributed by atoms with Crippen molar-refractivity contribution in [2.75, 3.05) is 0 Å². The van der Waals surface area contributed by atoms with E-state index in [-0.39, 0.29) is 16.0 Å². The summed E-state index contributed by atoms with van der Waals surface area (Å²) in [6.45, 7) is 3.75. The number of carbonyl (C=O) groups excluding carboxylic acids is 1. The Kier molecular flexibility index (Phi) is 1.64. The fraction of sp³-hybridized carbons (Fsp3) is 0.750. The van der Waals surface area contributed by atoms with Crippen molar-refractivity contribution in [3.05, 3.63) is 0 Å². The molecule has 0 saturated carbocycles. The van der Waals surface area contributed by atoms with Crippen LogP contribution in [0.5, 0.6) is 0 Å². The molecule has 1 N–H and O–H groups in total. The van der Waals surface area contributed by atoms with Crippen LogP contribution >= 0.6 is 11.8 Å². The molecule has 2 fully saturated rings. The van der Waals surface area contributed by atoms with Crippen molar-refractivity contribution >= 4 is 23.6 Å². The normalized spacial score (nSPS) is 35.5. The highest BCUT2D eigenvalue weighted by Crippen LogP contribution is 2.50. The van der Waals surface area contributed by atoms with Crippen molar-refractivity contribution in [2.24, 2.45) is 0 Å².